The third kappa shape index (κ3) is 15.8. The summed E-state index contributed by atoms with van der Waals surface area (Å²) in [4.78, 5) is 10.9. The summed E-state index contributed by atoms with van der Waals surface area (Å²) in [5, 5.41) is 5.51. The highest BCUT2D eigenvalue weighted by molar-refractivity contribution is 14.0. The third-order valence-corrected chi connectivity index (χ3v) is 7.88. The van der Waals surface area contributed by atoms with Gasteiger partial charge in [0.25, 0.3) is 0 Å². The van der Waals surface area contributed by atoms with Crippen molar-refractivity contribution in [1.82, 2.24) is 0 Å². The van der Waals surface area contributed by atoms with Crippen molar-refractivity contribution in [2.45, 2.75) is 124 Å². The standard InChI is InChI=1S/C22H30O3.C16H22.C2H6.HI.2H2/c1-17(23)16-25-19(3)18(2)24-14-8-4-5-9-20-12-13-21-10-6-7-11-22(21)15-20;1-2-3-4-5-8-14-11-12-15-9-6-7-10-16(15)13-14;1-2;;;/h6-7,10-13,15,18-19H,4-5,8-9,14,16H2,1-3H3;9-13H,2-8H2,1H3;1-2H3;3*1H/t18-,19-;;;;;/m0...../s1. The molecule has 2 atom stereocenters. The summed E-state index contributed by atoms with van der Waals surface area (Å²) in [6, 6.07) is 22.2. The summed E-state index contributed by atoms with van der Waals surface area (Å²) >= 11 is 0. The van der Waals surface area contributed by atoms with Gasteiger partial charge in [0, 0.05) is 9.46 Å². The van der Waals surface area contributed by atoms with Crippen LogP contribution in [0, 0.1) is 0 Å². The largest absolute Gasteiger partial charge is 0.376 e. The minimum Gasteiger partial charge on any atom is -0.376 e. The lowest BCUT2D eigenvalue weighted by molar-refractivity contribution is -0.126. The Morgan fingerprint density at radius 2 is 1.32 bits per heavy atom. The quantitative estimate of drug-likeness (QED) is 0.109. The van der Waals surface area contributed by atoms with E-state index in [9.17, 15) is 4.79 Å². The zero-order chi connectivity index (χ0) is 31.3. The van der Waals surface area contributed by atoms with Gasteiger partial charge in [-0.3, -0.25) is 4.79 Å². The first-order chi connectivity index (χ1) is 21.0. The van der Waals surface area contributed by atoms with E-state index in [1.54, 1.807) is 0 Å². The number of benzene rings is 3. The number of rotatable bonds is 16. The zero-order valence-electron chi connectivity index (χ0n) is 28.4. The lowest BCUT2D eigenvalue weighted by Crippen LogP contribution is -2.28. The van der Waals surface area contributed by atoms with E-state index in [0.29, 0.717) is 0 Å². The average Bonchev–Trinajstić information content (AvgIpc) is 3.04. The van der Waals surface area contributed by atoms with E-state index in [-0.39, 0.29) is 51.4 Å². The predicted octanol–water partition coefficient (Wildman–Crippen LogP) is 10.3. The summed E-state index contributed by atoms with van der Waals surface area (Å²) in [5.41, 5.74) is 2.92. The SMILES string of the molecule is CC.CC(=O)CO[C@@H](C)[C@H](C)OCCCCCc1ccc2ccccc2c1.CCCCCCc1ccc2c(c1)=CCCC=2.I.[HH].[HH]. The Balaban J connectivity index is 0. The van der Waals surface area contributed by atoms with Crippen LogP contribution >= 0.6 is 24.0 Å². The fourth-order valence-electron chi connectivity index (χ4n) is 5.17. The van der Waals surface area contributed by atoms with Crippen LogP contribution in [0.1, 0.15) is 113 Å². The second kappa shape index (κ2) is 24.2. The first-order valence-electron chi connectivity index (χ1n) is 17.0. The Bertz CT molecular complexity index is 1330. The van der Waals surface area contributed by atoms with Crippen LogP contribution in [0.3, 0.4) is 0 Å². The molecule has 0 fully saturated rings. The Labute approximate surface area is 288 Å². The van der Waals surface area contributed by atoms with Crippen LogP contribution in [0.2, 0.25) is 0 Å². The van der Waals surface area contributed by atoms with E-state index >= 15 is 0 Å². The molecule has 44 heavy (non-hydrogen) atoms. The van der Waals surface area contributed by atoms with Gasteiger partial charge in [-0.1, -0.05) is 119 Å². The molecule has 248 valence electrons. The monoisotopic (exact) mass is 718 g/mol. The van der Waals surface area contributed by atoms with Gasteiger partial charge < -0.3 is 9.47 Å². The van der Waals surface area contributed by atoms with Crippen LogP contribution in [0.15, 0.2) is 60.7 Å². The molecule has 4 heteroatoms. The molecule has 0 aliphatic heterocycles. The Kier molecular flexibility index (Phi) is 22.0. The van der Waals surface area contributed by atoms with Gasteiger partial charge in [0.15, 0.2) is 5.78 Å². The zero-order valence-corrected chi connectivity index (χ0v) is 30.7. The lowest BCUT2D eigenvalue weighted by atomic mass is 10.0. The van der Waals surface area contributed by atoms with Crippen LogP contribution in [-0.4, -0.2) is 31.2 Å². The molecule has 0 saturated heterocycles. The smallest absolute Gasteiger partial charge is 0.155 e. The van der Waals surface area contributed by atoms with Crippen molar-refractivity contribution in [1.29, 1.82) is 0 Å². The van der Waals surface area contributed by atoms with E-state index in [0.717, 1.165) is 25.9 Å². The molecule has 0 unspecified atom stereocenters. The van der Waals surface area contributed by atoms with Crippen LogP contribution in [0.4, 0.5) is 0 Å². The number of hydrogen-bond acceptors (Lipinski definition) is 3. The molecule has 0 heterocycles. The number of hydrogen-bond donors (Lipinski definition) is 0. The Hall–Kier alpha value is -2.02. The van der Waals surface area contributed by atoms with Crippen molar-refractivity contribution in [3.8, 4) is 0 Å². The molecule has 0 radical (unpaired) electrons. The van der Waals surface area contributed by atoms with E-state index in [1.807, 2.05) is 27.7 Å². The van der Waals surface area contributed by atoms with Gasteiger partial charge in [0.05, 0.1) is 12.2 Å². The molecular weight excluding hydrogens is 655 g/mol. The van der Waals surface area contributed by atoms with E-state index in [2.05, 4.69) is 79.7 Å². The highest BCUT2D eigenvalue weighted by atomic mass is 127. The van der Waals surface area contributed by atoms with Gasteiger partial charge in [0.2, 0.25) is 0 Å². The summed E-state index contributed by atoms with van der Waals surface area (Å²) in [7, 11) is 0. The number of unbranched alkanes of at least 4 members (excludes halogenated alkanes) is 5. The number of aryl methyl sites for hydroxylation is 2. The summed E-state index contributed by atoms with van der Waals surface area (Å²) in [6.45, 7) is 12.7. The highest BCUT2D eigenvalue weighted by Crippen LogP contribution is 2.17. The van der Waals surface area contributed by atoms with Gasteiger partial charge in [-0.2, -0.15) is 0 Å². The number of fused-ring (bicyclic) bond motifs is 2. The lowest BCUT2D eigenvalue weighted by Gasteiger charge is -2.20. The van der Waals surface area contributed by atoms with E-state index in [1.165, 1.54) is 90.6 Å². The molecule has 0 spiro atoms. The maximum absolute atomic E-state index is 10.9. The van der Waals surface area contributed by atoms with Crippen molar-refractivity contribution in [2.75, 3.05) is 13.2 Å². The normalized spacial score (nSPS) is 13.0. The van der Waals surface area contributed by atoms with Crippen molar-refractivity contribution in [3.63, 3.8) is 0 Å². The molecule has 0 bridgehead atoms. The number of ether oxygens (including phenoxy) is 2. The van der Waals surface area contributed by atoms with Gasteiger partial charge >= 0.3 is 0 Å². The minimum atomic E-state index is -0.0542. The summed E-state index contributed by atoms with van der Waals surface area (Å²) in [5.74, 6) is 0.0488. The molecule has 3 aromatic rings. The molecular formula is C40H63IO3. The number of carbonyl (C=O) groups is 1. The highest BCUT2D eigenvalue weighted by Gasteiger charge is 2.13. The first kappa shape index (κ1) is 40.0. The molecule has 0 aromatic heterocycles. The van der Waals surface area contributed by atoms with Crippen molar-refractivity contribution >= 4 is 52.7 Å². The Morgan fingerprint density at radius 1 is 0.727 bits per heavy atom. The van der Waals surface area contributed by atoms with Crippen LogP contribution in [-0.2, 0) is 27.1 Å². The molecule has 0 N–H and O–H groups in total. The second-order valence-corrected chi connectivity index (χ2v) is 11.5. The van der Waals surface area contributed by atoms with E-state index < -0.39 is 0 Å². The second-order valence-electron chi connectivity index (χ2n) is 11.5. The summed E-state index contributed by atoms with van der Waals surface area (Å²) < 4.78 is 11.3. The van der Waals surface area contributed by atoms with E-state index in [4.69, 9.17) is 9.47 Å². The molecule has 0 saturated carbocycles. The van der Waals surface area contributed by atoms with Gasteiger partial charge in [-0.15, -0.1) is 24.0 Å². The first-order valence-corrected chi connectivity index (χ1v) is 17.0. The maximum atomic E-state index is 10.9. The Morgan fingerprint density at radius 3 is 2.00 bits per heavy atom. The molecule has 1 aliphatic rings. The van der Waals surface area contributed by atoms with Crippen molar-refractivity contribution in [2.24, 2.45) is 0 Å². The fourth-order valence-corrected chi connectivity index (χ4v) is 5.17. The fraction of sp³-hybridized carbons (Fsp3) is 0.525. The molecule has 3 nitrogen and oxygen atoms in total. The minimum absolute atomic E-state index is 0. The van der Waals surface area contributed by atoms with Crippen LogP contribution in [0.5, 0.6) is 0 Å². The number of Topliss-reactive ketones (excluding diaryl/α,β-unsaturated/α-hetero) is 1. The van der Waals surface area contributed by atoms with Crippen molar-refractivity contribution < 1.29 is 17.1 Å². The molecule has 3 aromatic carbocycles. The number of halogens is 1. The van der Waals surface area contributed by atoms with Gasteiger partial charge in [-0.05, 0) is 98.1 Å². The molecule has 1 aliphatic carbocycles. The molecule has 4 rings (SSSR count). The number of carbonyl (C=O) groups excluding carboxylic acids is 1. The summed E-state index contributed by atoms with van der Waals surface area (Å²) in [6.07, 6.45) is 18.3. The topological polar surface area (TPSA) is 35.5 Å². The molecule has 0 amide bonds. The average molecular weight is 719 g/mol. The predicted molar refractivity (Wildman–Crippen MR) is 206 cm³/mol. The third-order valence-electron chi connectivity index (χ3n) is 7.88. The van der Waals surface area contributed by atoms with Gasteiger partial charge in [0.1, 0.15) is 6.61 Å². The maximum Gasteiger partial charge on any atom is 0.155 e. The van der Waals surface area contributed by atoms with Crippen LogP contribution in [0.25, 0.3) is 22.9 Å². The van der Waals surface area contributed by atoms with Crippen LogP contribution < -0.4 is 10.4 Å². The van der Waals surface area contributed by atoms with Crippen molar-refractivity contribution in [3.05, 3.63) is 82.2 Å². The van der Waals surface area contributed by atoms with Gasteiger partial charge in [-0.25, -0.2) is 0 Å². The number of ketones is 1.